The molecule has 4 nitrogen and oxygen atoms in total. The molecule has 2 rings (SSSR count). The van der Waals surface area contributed by atoms with Crippen LogP contribution in [0.15, 0.2) is 18.2 Å². The van der Waals surface area contributed by atoms with Gasteiger partial charge in [0, 0.05) is 25.2 Å². The van der Waals surface area contributed by atoms with Crippen molar-refractivity contribution in [2.45, 2.75) is 32.7 Å². The molecule has 0 radical (unpaired) electrons. The van der Waals surface area contributed by atoms with E-state index in [1.807, 2.05) is 12.1 Å². The Morgan fingerprint density at radius 2 is 2.16 bits per heavy atom. The smallest absolute Gasteiger partial charge is 0.214 e. The van der Waals surface area contributed by atoms with E-state index in [1.54, 1.807) is 7.11 Å². The van der Waals surface area contributed by atoms with Gasteiger partial charge in [0.1, 0.15) is 5.82 Å². The lowest BCUT2D eigenvalue weighted by Crippen LogP contribution is -2.42. The molecule has 0 spiro atoms. The quantitative estimate of drug-likeness (QED) is 0.884. The average molecular weight is 263 g/mol. The molecule has 1 unspecified atom stereocenters. The second kappa shape index (κ2) is 6.75. The fourth-order valence-corrected chi connectivity index (χ4v) is 2.81. The summed E-state index contributed by atoms with van der Waals surface area (Å²) >= 11 is 0. The molecule has 1 aromatic heterocycles. The first-order valence-electron chi connectivity index (χ1n) is 7.24. The second-order valence-electron chi connectivity index (χ2n) is 5.21. The third-order valence-electron chi connectivity index (χ3n) is 4.01. The van der Waals surface area contributed by atoms with Crippen molar-refractivity contribution in [3.05, 3.63) is 18.2 Å². The molecule has 0 bridgehead atoms. The van der Waals surface area contributed by atoms with Gasteiger partial charge >= 0.3 is 0 Å². The predicted molar refractivity (Wildman–Crippen MR) is 78.9 cm³/mol. The normalized spacial score (nSPS) is 18.4. The standard InChI is InChI=1S/C15H25N3O/c1-4-16-12(2)13-8-10-18(11-9-13)14-6-5-7-15(17-14)19-3/h5-7,12-13,16H,4,8-11H2,1-3H3. The first-order chi connectivity index (χ1) is 9.24. The summed E-state index contributed by atoms with van der Waals surface area (Å²) in [5.74, 6) is 2.51. The molecule has 1 atom stereocenters. The van der Waals surface area contributed by atoms with Gasteiger partial charge in [-0.1, -0.05) is 13.0 Å². The molecule has 1 fully saturated rings. The molecule has 19 heavy (non-hydrogen) atoms. The fourth-order valence-electron chi connectivity index (χ4n) is 2.81. The number of nitrogens with zero attached hydrogens (tertiary/aromatic N) is 2. The van der Waals surface area contributed by atoms with Gasteiger partial charge in [0.15, 0.2) is 0 Å². The van der Waals surface area contributed by atoms with Crippen LogP contribution < -0.4 is 15.0 Å². The minimum Gasteiger partial charge on any atom is -0.481 e. The molecule has 2 heterocycles. The molecule has 1 N–H and O–H groups in total. The van der Waals surface area contributed by atoms with Crippen LogP contribution in [0.5, 0.6) is 5.88 Å². The van der Waals surface area contributed by atoms with Gasteiger partial charge in [-0.25, -0.2) is 0 Å². The van der Waals surface area contributed by atoms with Crippen LogP contribution >= 0.6 is 0 Å². The second-order valence-corrected chi connectivity index (χ2v) is 5.21. The van der Waals surface area contributed by atoms with Crippen molar-refractivity contribution in [3.8, 4) is 5.88 Å². The molecule has 0 aliphatic carbocycles. The van der Waals surface area contributed by atoms with Crippen LogP contribution in [0, 0.1) is 5.92 Å². The Labute approximate surface area is 116 Å². The van der Waals surface area contributed by atoms with Gasteiger partial charge < -0.3 is 15.0 Å². The number of methoxy groups -OCH3 is 1. The number of hydrogen-bond donors (Lipinski definition) is 1. The van der Waals surface area contributed by atoms with Crippen molar-refractivity contribution in [2.24, 2.45) is 5.92 Å². The van der Waals surface area contributed by atoms with Crippen LogP contribution in [-0.2, 0) is 0 Å². The number of piperidine rings is 1. The molecule has 1 aliphatic heterocycles. The molecule has 4 heteroatoms. The molecule has 1 saturated heterocycles. The monoisotopic (exact) mass is 263 g/mol. The van der Waals surface area contributed by atoms with E-state index in [2.05, 4.69) is 35.1 Å². The molecule has 1 aromatic rings. The van der Waals surface area contributed by atoms with Gasteiger partial charge in [-0.3, -0.25) is 0 Å². The fraction of sp³-hybridized carbons (Fsp3) is 0.667. The number of anilines is 1. The zero-order valence-electron chi connectivity index (χ0n) is 12.2. The van der Waals surface area contributed by atoms with Crippen LogP contribution in [0.4, 0.5) is 5.82 Å². The lowest BCUT2D eigenvalue weighted by atomic mass is 9.90. The summed E-state index contributed by atoms with van der Waals surface area (Å²) in [5, 5.41) is 3.53. The topological polar surface area (TPSA) is 37.4 Å². The van der Waals surface area contributed by atoms with Crippen molar-refractivity contribution in [1.82, 2.24) is 10.3 Å². The molecular weight excluding hydrogens is 238 g/mol. The zero-order chi connectivity index (χ0) is 13.7. The molecule has 1 aliphatic rings. The summed E-state index contributed by atoms with van der Waals surface area (Å²) in [6.45, 7) is 7.69. The summed E-state index contributed by atoms with van der Waals surface area (Å²) in [7, 11) is 1.66. The van der Waals surface area contributed by atoms with Gasteiger partial charge in [-0.15, -0.1) is 0 Å². The van der Waals surface area contributed by atoms with E-state index < -0.39 is 0 Å². The van der Waals surface area contributed by atoms with Crippen molar-refractivity contribution >= 4 is 5.82 Å². The summed E-state index contributed by atoms with van der Waals surface area (Å²) in [4.78, 5) is 6.87. The van der Waals surface area contributed by atoms with Crippen LogP contribution in [0.3, 0.4) is 0 Å². The third-order valence-corrected chi connectivity index (χ3v) is 4.01. The highest BCUT2D eigenvalue weighted by Gasteiger charge is 2.24. The molecule has 0 aromatic carbocycles. The van der Waals surface area contributed by atoms with Crippen LogP contribution in [0.1, 0.15) is 26.7 Å². The van der Waals surface area contributed by atoms with E-state index in [0.29, 0.717) is 11.9 Å². The van der Waals surface area contributed by atoms with E-state index >= 15 is 0 Å². The number of rotatable bonds is 5. The van der Waals surface area contributed by atoms with Gasteiger partial charge in [-0.2, -0.15) is 4.98 Å². The Kier molecular flexibility index (Phi) is 5.02. The van der Waals surface area contributed by atoms with E-state index in [4.69, 9.17) is 4.74 Å². The van der Waals surface area contributed by atoms with Crippen LogP contribution in [-0.4, -0.2) is 37.8 Å². The van der Waals surface area contributed by atoms with E-state index in [0.717, 1.165) is 31.4 Å². The van der Waals surface area contributed by atoms with Gasteiger partial charge in [0.05, 0.1) is 7.11 Å². The summed E-state index contributed by atoms with van der Waals surface area (Å²) in [5.41, 5.74) is 0. The maximum atomic E-state index is 5.19. The Balaban J connectivity index is 1.92. The number of nitrogens with one attached hydrogen (secondary N) is 1. The highest BCUT2D eigenvalue weighted by Crippen LogP contribution is 2.25. The average Bonchev–Trinajstić information content (AvgIpc) is 2.48. The van der Waals surface area contributed by atoms with Gasteiger partial charge in [0.2, 0.25) is 5.88 Å². The predicted octanol–water partition coefficient (Wildman–Crippen LogP) is 2.30. The first kappa shape index (κ1) is 14.1. The maximum Gasteiger partial charge on any atom is 0.214 e. The van der Waals surface area contributed by atoms with Gasteiger partial charge in [0.25, 0.3) is 0 Å². The van der Waals surface area contributed by atoms with E-state index in [9.17, 15) is 0 Å². The summed E-state index contributed by atoms with van der Waals surface area (Å²) in [6.07, 6.45) is 2.46. The number of ether oxygens (including phenoxy) is 1. The Bertz CT molecular complexity index is 389. The van der Waals surface area contributed by atoms with Gasteiger partial charge in [-0.05, 0) is 38.3 Å². The van der Waals surface area contributed by atoms with Crippen molar-refractivity contribution < 1.29 is 4.74 Å². The van der Waals surface area contributed by atoms with Crippen molar-refractivity contribution in [2.75, 3.05) is 31.6 Å². The number of hydrogen-bond acceptors (Lipinski definition) is 4. The highest BCUT2D eigenvalue weighted by atomic mass is 16.5. The third kappa shape index (κ3) is 3.60. The summed E-state index contributed by atoms with van der Waals surface area (Å²) in [6, 6.07) is 6.58. The number of pyridine rings is 1. The Hall–Kier alpha value is -1.29. The molecular formula is C15H25N3O. The minimum absolute atomic E-state index is 0.616. The molecule has 0 saturated carbocycles. The lowest BCUT2D eigenvalue weighted by Gasteiger charge is -2.35. The van der Waals surface area contributed by atoms with E-state index in [1.165, 1.54) is 12.8 Å². The number of aromatic nitrogens is 1. The van der Waals surface area contributed by atoms with Crippen LogP contribution in [0.2, 0.25) is 0 Å². The molecule has 106 valence electrons. The Morgan fingerprint density at radius 3 is 2.79 bits per heavy atom. The largest absolute Gasteiger partial charge is 0.481 e. The molecule has 0 amide bonds. The van der Waals surface area contributed by atoms with Crippen LogP contribution in [0.25, 0.3) is 0 Å². The maximum absolute atomic E-state index is 5.19. The Morgan fingerprint density at radius 1 is 1.42 bits per heavy atom. The van der Waals surface area contributed by atoms with Crippen molar-refractivity contribution in [3.63, 3.8) is 0 Å². The lowest BCUT2D eigenvalue weighted by molar-refractivity contribution is 0.313. The van der Waals surface area contributed by atoms with Crippen molar-refractivity contribution in [1.29, 1.82) is 0 Å². The zero-order valence-corrected chi connectivity index (χ0v) is 12.2. The highest BCUT2D eigenvalue weighted by molar-refractivity contribution is 5.41. The van der Waals surface area contributed by atoms with E-state index in [-0.39, 0.29) is 0 Å². The summed E-state index contributed by atoms with van der Waals surface area (Å²) < 4.78 is 5.19. The first-order valence-corrected chi connectivity index (χ1v) is 7.24. The minimum atomic E-state index is 0.616. The SMILES string of the molecule is CCNC(C)C1CCN(c2cccc(OC)n2)CC1.